The molecular formula is C15H15NO4. The largest absolute Gasteiger partial charge is 0.481 e. The lowest BCUT2D eigenvalue weighted by Gasteiger charge is -2.31. The maximum Gasteiger partial charge on any atom is 0.336 e. The van der Waals surface area contributed by atoms with E-state index in [4.69, 9.17) is 9.52 Å². The van der Waals surface area contributed by atoms with Crippen LogP contribution in [0.1, 0.15) is 12.8 Å². The Morgan fingerprint density at radius 3 is 2.60 bits per heavy atom. The molecule has 1 aliphatic rings. The number of fused-ring (bicyclic) bond motifs is 1. The predicted octanol–water partition coefficient (Wildman–Crippen LogP) is 2.09. The van der Waals surface area contributed by atoms with Crippen LogP contribution in [-0.2, 0) is 4.79 Å². The SMILES string of the molecule is O=C(O)C1CCN(c2ccc3ccc(=O)oc3c2)CC1. The van der Waals surface area contributed by atoms with Gasteiger partial charge in [-0.1, -0.05) is 0 Å². The summed E-state index contributed by atoms with van der Waals surface area (Å²) in [6, 6.07) is 8.88. The van der Waals surface area contributed by atoms with Crippen LogP contribution in [0, 0.1) is 5.92 Å². The molecule has 1 aliphatic heterocycles. The Morgan fingerprint density at radius 2 is 1.90 bits per heavy atom. The first kappa shape index (κ1) is 12.7. The van der Waals surface area contributed by atoms with Crippen molar-refractivity contribution in [1.29, 1.82) is 0 Å². The van der Waals surface area contributed by atoms with Crippen molar-refractivity contribution in [3.8, 4) is 0 Å². The number of carboxylic acid groups (broad SMARTS) is 1. The van der Waals surface area contributed by atoms with Crippen LogP contribution in [0.4, 0.5) is 5.69 Å². The van der Waals surface area contributed by atoms with E-state index in [1.54, 1.807) is 6.07 Å². The lowest BCUT2D eigenvalue weighted by molar-refractivity contribution is -0.142. The smallest absolute Gasteiger partial charge is 0.336 e. The fraction of sp³-hybridized carbons (Fsp3) is 0.333. The van der Waals surface area contributed by atoms with Gasteiger partial charge in [0.25, 0.3) is 0 Å². The summed E-state index contributed by atoms with van der Waals surface area (Å²) in [7, 11) is 0. The molecular weight excluding hydrogens is 258 g/mol. The first-order valence-corrected chi connectivity index (χ1v) is 6.65. The maximum atomic E-state index is 11.2. The summed E-state index contributed by atoms with van der Waals surface area (Å²) in [4.78, 5) is 24.3. The number of hydrogen-bond acceptors (Lipinski definition) is 4. The van der Waals surface area contributed by atoms with E-state index in [0.717, 1.165) is 11.1 Å². The highest BCUT2D eigenvalue weighted by Gasteiger charge is 2.24. The molecule has 3 rings (SSSR count). The van der Waals surface area contributed by atoms with E-state index in [1.807, 2.05) is 18.2 Å². The van der Waals surface area contributed by atoms with Gasteiger partial charge in [0.15, 0.2) is 0 Å². The van der Waals surface area contributed by atoms with Crippen LogP contribution in [0.2, 0.25) is 0 Å². The van der Waals surface area contributed by atoms with Gasteiger partial charge in [0.05, 0.1) is 5.92 Å². The van der Waals surface area contributed by atoms with Gasteiger partial charge in [-0.3, -0.25) is 4.79 Å². The number of rotatable bonds is 2. The zero-order chi connectivity index (χ0) is 14.1. The van der Waals surface area contributed by atoms with Crippen LogP contribution in [0.3, 0.4) is 0 Å². The minimum Gasteiger partial charge on any atom is -0.481 e. The first-order valence-electron chi connectivity index (χ1n) is 6.65. The van der Waals surface area contributed by atoms with E-state index < -0.39 is 5.97 Å². The number of anilines is 1. The Kier molecular flexibility index (Phi) is 3.18. The quantitative estimate of drug-likeness (QED) is 0.848. The van der Waals surface area contributed by atoms with Crippen molar-refractivity contribution in [3.05, 3.63) is 40.8 Å². The van der Waals surface area contributed by atoms with Gasteiger partial charge in [0, 0.05) is 36.3 Å². The number of benzene rings is 1. The first-order chi connectivity index (χ1) is 9.63. The highest BCUT2D eigenvalue weighted by atomic mass is 16.4. The number of carboxylic acids is 1. The molecule has 0 amide bonds. The molecule has 1 aromatic heterocycles. The van der Waals surface area contributed by atoms with Gasteiger partial charge in [-0.15, -0.1) is 0 Å². The summed E-state index contributed by atoms with van der Waals surface area (Å²) in [5.41, 5.74) is 1.17. The summed E-state index contributed by atoms with van der Waals surface area (Å²) < 4.78 is 5.18. The molecule has 20 heavy (non-hydrogen) atoms. The van der Waals surface area contributed by atoms with E-state index in [2.05, 4.69) is 4.90 Å². The molecule has 0 spiro atoms. The van der Waals surface area contributed by atoms with E-state index in [-0.39, 0.29) is 11.5 Å². The van der Waals surface area contributed by atoms with Crippen molar-refractivity contribution in [1.82, 2.24) is 0 Å². The van der Waals surface area contributed by atoms with Gasteiger partial charge >= 0.3 is 11.6 Å². The maximum absolute atomic E-state index is 11.2. The van der Waals surface area contributed by atoms with Crippen LogP contribution in [0.25, 0.3) is 11.0 Å². The molecule has 2 aromatic rings. The third-order valence-electron chi connectivity index (χ3n) is 3.82. The third-order valence-corrected chi connectivity index (χ3v) is 3.82. The van der Waals surface area contributed by atoms with Crippen LogP contribution < -0.4 is 10.5 Å². The van der Waals surface area contributed by atoms with Crippen LogP contribution in [-0.4, -0.2) is 24.2 Å². The highest BCUT2D eigenvalue weighted by Crippen LogP contribution is 2.26. The van der Waals surface area contributed by atoms with Crippen LogP contribution >= 0.6 is 0 Å². The molecule has 5 nitrogen and oxygen atoms in total. The monoisotopic (exact) mass is 273 g/mol. The average molecular weight is 273 g/mol. The van der Waals surface area contributed by atoms with Gasteiger partial charge in [0.1, 0.15) is 5.58 Å². The van der Waals surface area contributed by atoms with Crippen molar-refractivity contribution in [2.75, 3.05) is 18.0 Å². The Morgan fingerprint density at radius 1 is 1.20 bits per heavy atom. The summed E-state index contributed by atoms with van der Waals surface area (Å²) in [5, 5.41) is 9.88. The topological polar surface area (TPSA) is 70.8 Å². The molecule has 1 fully saturated rings. The minimum absolute atomic E-state index is 0.246. The fourth-order valence-corrected chi connectivity index (χ4v) is 2.63. The van der Waals surface area contributed by atoms with E-state index in [9.17, 15) is 9.59 Å². The second kappa shape index (κ2) is 5.00. The zero-order valence-corrected chi connectivity index (χ0v) is 10.9. The van der Waals surface area contributed by atoms with Gasteiger partial charge < -0.3 is 14.4 Å². The Balaban J connectivity index is 1.84. The summed E-state index contributed by atoms with van der Waals surface area (Å²) >= 11 is 0. The molecule has 104 valence electrons. The lowest BCUT2D eigenvalue weighted by Crippen LogP contribution is -2.36. The highest BCUT2D eigenvalue weighted by molar-refractivity contribution is 5.80. The molecule has 0 radical (unpaired) electrons. The van der Waals surface area contributed by atoms with Crippen molar-refractivity contribution in [3.63, 3.8) is 0 Å². The standard InChI is InChI=1S/C15H15NO4/c17-14-4-2-10-1-3-12(9-13(10)20-14)16-7-5-11(6-8-16)15(18)19/h1-4,9,11H,5-8H2,(H,18,19). The number of aliphatic carboxylic acids is 1. The number of hydrogen-bond donors (Lipinski definition) is 1. The summed E-state index contributed by atoms with van der Waals surface area (Å²) in [6.07, 6.45) is 1.29. The number of nitrogens with zero attached hydrogens (tertiary/aromatic N) is 1. The van der Waals surface area contributed by atoms with Crippen molar-refractivity contribution in [2.24, 2.45) is 5.92 Å². The summed E-state index contributed by atoms with van der Waals surface area (Å²) in [5.74, 6) is -0.959. The van der Waals surface area contributed by atoms with E-state index >= 15 is 0 Å². The Bertz CT molecular complexity index is 698. The second-order valence-corrected chi connectivity index (χ2v) is 5.08. The molecule has 2 heterocycles. The van der Waals surface area contributed by atoms with Crippen molar-refractivity contribution in [2.45, 2.75) is 12.8 Å². The summed E-state index contributed by atoms with van der Waals surface area (Å²) in [6.45, 7) is 1.42. The molecule has 5 heteroatoms. The van der Waals surface area contributed by atoms with Crippen molar-refractivity contribution >= 4 is 22.6 Å². The molecule has 0 bridgehead atoms. The number of piperidine rings is 1. The second-order valence-electron chi connectivity index (χ2n) is 5.08. The fourth-order valence-electron chi connectivity index (χ4n) is 2.63. The zero-order valence-electron chi connectivity index (χ0n) is 10.9. The van der Waals surface area contributed by atoms with Gasteiger partial charge in [-0.05, 0) is 31.0 Å². The van der Waals surface area contributed by atoms with E-state index in [1.165, 1.54) is 6.07 Å². The molecule has 0 atom stereocenters. The van der Waals surface area contributed by atoms with Crippen molar-refractivity contribution < 1.29 is 14.3 Å². The van der Waals surface area contributed by atoms with Gasteiger partial charge in [0.2, 0.25) is 0 Å². The normalized spacial score (nSPS) is 16.5. The predicted molar refractivity (Wildman–Crippen MR) is 75.1 cm³/mol. The van der Waals surface area contributed by atoms with Crippen LogP contribution in [0.15, 0.2) is 39.5 Å². The molecule has 0 saturated carbocycles. The average Bonchev–Trinajstić information content (AvgIpc) is 2.46. The van der Waals surface area contributed by atoms with Gasteiger partial charge in [-0.2, -0.15) is 0 Å². The van der Waals surface area contributed by atoms with E-state index in [0.29, 0.717) is 31.5 Å². The van der Waals surface area contributed by atoms with Gasteiger partial charge in [-0.25, -0.2) is 4.79 Å². The Hall–Kier alpha value is -2.30. The van der Waals surface area contributed by atoms with Crippen LogP contribution in [0.5, 0.6) is 0 Å². The molecule has 0 aliphatic carbocycles. The lowest BCUT2D eigenvalue weighted by atomic mass is 9.96. The molecule has 1 aromatic carbocycles. The third kappa shape index (κ3) is 2.39. The number of carbonyl (C=O) groups is 1. The minimum atomic E-state index is -0.714. The molecule has 0 unspecified atom stereocenters. The molecule has 1 N–H and O–H groups in total. The Labute approximate surface area is 115 Å². The molecule has 1 saturated heterocycles.